The second-order valence-corrected chi connectivity index (χ2v) is 6.05. The Morgan fingerprint density at radius 2 is 1.75 bits per heavy atom. The van der Waals surface area contributed by atoms with E-state index in [1.807, 2.05) is 0 Å². The lowest BCUT2D eigenvalue weighted by Crippen LogP contribution is -2.59. The van der Waals surface area contributed by atoms with Crippen molar-refractivity contribution < 1.29 is 0 Å². The van der Waals surface area contributed by atoms with Gasteiger partial charge < -0.3 is 0 Å². The molecule has 2 unspecified atom stereocenters. The van der Waals surface area contributed by atoms with Crippen LogP contribution < -0.4 is 0 Å². The first-order valence-corrected chi connectivity index (χ1v) is 6.95. The summed E-state index contributed by atoms with van der Waals surface area (Å²) in [6, 6.07) is 2.16. The van der Waals surface area contributed by atoms with E-state index in [1.54, 1.807) is 0 Å². The topological polar surface area (TPSA) is 6.48 Å². The third-order valence-corrected chi connectivity index (χ3v) is 3.76. The smallest absolute Gasteiger partial charge is 0.0224 e. The van der Waals surface area contributed by atoms with Crippen LogP contribution in [0.5, 0.6) is 0 Å². The Labute approximate surface area is 102 Å². The lowest BCUT2D eigenvalue weighted by Gasteiger charge is -2.47. The van der Waals surface area contributed by atoms with Gasteiger partial charge in [0.2, 0.25) is 0 Å². The number of nitrogens with zero attached hydrogens (tertiary/aromatic N) is 2. The molecule has 0 amide bonds. The summed E-state index contributed by atoms with van der Waals surface area (Å²) in [7, 11) is 0. The molecule has 0 saturated carbocycles. The Morgan fingerprint density at radius 1 is 1.12 bits per heavy atom. The fourth-order valence-electron chi connectivity index (χ4n) is 2.79. The Kier molecular flexibility index (Phi) is 5.26. The van der Waals surface area contributed by atoms with Crippen LogP contribution in [0.4, 0.5) is 0 Å². The zero-order valence-electron chi connectivity index (χ0n) is 12.0. The molecule has 96 valence electrons. The van der Waals surface area contributed by atoms with Crippen molar-refractivity contribution in [1.82, 2.24) is 9.80 Å². The largest absolute Gasteiger partial charge is 0.298 e. The van der Waals surface area contributed by atoms with E-state index in [2.05, 4.69) is 51.3 Å². The minimum Gasteiger partial charge on any atom is -0.298 e. The van der Waals surface area contributed by atoms with Gasteiger partial charge in [-0.25, -0.2) is 0 Å². The van der Waals surface area contributed by atoms with Gasteiger partial charge in [-0.05, 0) is 33.1 Å². The van der Waals surface area contributed by atoms with Gasteiger partial charge in [0.05, 0.1) is 0 Å². The molecule has 1 saturated heterocycles. The summed E-state index contributed by atoms with van der Waals surface area (Å²) in [5.74, 6) is 0.780. The quantitative estimate of drug-likeness (QED) is 0.727. The molecule has 1 aliphatic rings. The van der Waals surface area contributed by atoms with Gasteiger partial charge in [0.1, 0.15) is 0 Å². The van der Waals surface area contributed by atoms with Crippen LogP contribution in [0, 0.1) is 5.92 Å². The van der Waals surface area contributed by atoms with Crippen LogP contribution >= 0.6 is 0 Å². The maximum Gasteiger partial charge on any atom is 0.0224 e. The van der Waals surface area contributed by atoms with Crippen molar-refractivity contribution in [1.29, 1.82) is 0 Å². The molecular weight excluding hydrogens is 196 g/mol. The Morgan fingerprint density at radius 3 is 2.19 bits per heavy atom. The SMILES string of the molecule is CCC1CN(C(C)C)CC(C)N1CC(C)C. The molecular formula is C14H30N2. The Balaban J connectivity index is 2.65. The fraction of sp³-hybridized carbons (Fsp3) is 1.00. The van der Waals surface area contributed by atoms with Crippen LogP contribution in [0.3, 0.4) is 0 Å². The van der Waals surface area contributed by atoms with Crippen molar-refractivity contribution >= 4 is 0 Å². The number of hydrogen-bond donors (Lipinski definition) is 0. The summed E-state index contributed by atoms with van der Waals surface area (Å²) in [5.41, 5.74) is 0. The molecule has 16 heavy (non-hydrogen) atoms. The molecule has 1 rings (SSSR count). The lowest BCUT2D eigenvalue weighted by atomic mass is 10.0. The van der Waals surface area contributed by atoms with E-state index in [1.165, 1.54) is 26.1 Å². The van der Waals surface area contributed by atoms with Gasteiger partial charge in [-0.3, -0.25) is 9.80 Å². The van der Waals surface area contributed by atoms with Gasteiger partial charge in [0.15, 0.2) is 0 Å². The van der Waals surface area contributed by atoms with Crippen molar-refractivity contribution in [3.63, 3.8) is 0 Å². The summed E-state index contributed by atoms with van der Waals surface area (Å²) in [6.45, 7) is 17.8. The maximum absolute atomic E-state index is 2.73. The highest BCUT2D eigenvalue weighted by Crippen LogP contribution is 2.21. The molecule has 0 aliphatic carbocycles. The summed E-state index contributed by atoms with van der Waals surface area (Å²) in [5, 5.41) is 0. The normalized spacial score (nSPS) is 29.2. The van der Waals surface area contributed by atoms with Crippen molar-refractivity contribution in [2.75, 3.05) is 19.6 Å². The minimum absolute atomic E-state index is 0.692. The maximum atomic E-state index is 2.73. The molecule has 0 bridgehead atoms. The third-order valence-electron chi connectivity index (χ3n) is 3.76. The van der Waals surface area contributed by atoms with E-state index in [0.717, 1.165) is 12.0 Å². The predicted octanol–water partition coefficient (Wildman–Crippen LogP) is 2.84. The first-order chi connectivity index (χ1) is 7.45. The first-order valence-electron chi connectivity index (χ1n) is 6.95. The van der Waals surface area contributed by atoms with Gasteiger partial charge >= 0.3 is 0 Å². The standard InChI is InChI=1S/C14H30N2/c1-7-14-10-15(12(4)5)9-13(6)16(14)8-11(2)3/h11-14H,7-10H2,1-6H3. The molecule has 0 radical (unpaired) electrons. The molecule has 1 fully saturated rings. The van der Waals surface area contributed by atoms with Gasteiger partial charge in [0.25, 0.3) is 0 Å². The summed E-state index contributed by atoms with van der Waals surface area (Å²) in [6.07, 6.45) is 1.28. The van der Waals surface area contributed by atoms with Crippen molar-refractivity contribution in [2.45, 2.75) is 66.1 Å². The van der Waals surface area contributed by atoms with Crippen LogP contribution in [0.15, 0.2) is 0 Å². The molecule has 0 aromatic rings. The van der Waals surface area contributed by atoms with Gasteiger partial charge in [-0.1, -0.05) is 20.8 Å². The highest BCUT2D eigenvalue weighted by Gasteiger charge is 2.31. The second kappa shape index (κ2) is 6.02. The van der Waals surface area contributed by atoms with Gasteiger partial charge in [0, 0.05) is 37.8 Å². The molecule has 2 heteroatoms. The van der Waals surface area contributed by atoms with Crippen molar-refractivity contribution in [2.24, 2.45) is 5.92 Å². The third kappa shape index (κ3) is 3.46. The van der Waals surface area contributed by atoms with E-state index in [-0.39, 0.29) is 0 Å². The molecule has 0 aromatic heterocycles. The van der Waals surface area contributed by atoms with Crippen LogP contribution in [-0.2, 0) is 0 Å². The summed E-state index contributed by atoms with van der Waals surface area (Å²) < 4.78 is 0. The highest BCUT2D eigenvalue weighted by atomic mass is 15.3. The van der Waals surface area contributed by atoms with Crippen molar-refractivity contribution in [3.05, 3.63) is 0 Å². The number of piperazine rings is 1. The van der Waals surface area contributed by atoms with Crippen LogP contribution in [0.25, 0.3) is 0 Å². The van der Waals surface area contributed by atoms with Gasteiger partial charge in [-0.2, -0.15) is 0 Å². The zero-order chi connectivity index (χ0) is 12.3. The van der Waals surface area contributed by atoms with E-state index in [4.69, 9.17) is 0 Å². The summed E-state index contributed by atoms with van der Waals surface area (Å²) in [4.78, 5) is 5.36. The van der Waals surface area contributed by atoms with Crippen molar-refractivity contribution in [3.8, 4) is 0 Å². The molecule has 2 atom stereocenters. The average molecular weight is 226 g/mol. The predicted molar refractivity (Wildman–Crippen MR) is 71.8 cm³/mol. The monoisotopic (exact) mass is 226 g/mol. The first kappa shape index (κ1) is 14.0. The lowest BCUT2D eigenvalue weighted by molar-refractivity contribution is 0.00784. The minimum atomic E-state index is 0.692. The zero-order valence-corrected chi connectivity index (χ0v) is 12.0. The van der Waals surface area contributed by atoms with E-state index in [0.29, 0.717) is 12.1 Å². The molecule has 2 nitrogen and oxygen atoms in total. The van der Waals surface area contributed by atoms with E-state index in [9.17, 15) is 0 Å². The average Bonchev–Trinajstić information content (AvgIpc) is 2.19. The molecule has 0 aromatic carbocycles. The van der Waals surface area contributed by atoms with Crippen LogP contribution in [-0.4, -0.2) is 47.6 Å². The second-order valence-electron chi connectivity index (χ2n) is 6.05. The molecule has 0 N–H and O–H groups in total. The van der Waals surface area contributed by atoms with E-state index >= 15 is 0 Å². The number of hydrogen-bond acceptors (Lipinski definition) is 2. The Hall–Kier alpha value is -0.0800. The van der Waals surface area contributed by atoms with Crippen LogP contribution in [0.1, 0.15) is 48.0 Å². The number of rotatable bonds is 4. The molecule has 1 aliphatic heterocycles. The van der Waals surface area contributed by atoms with Crippen LogP contribution in [0.2, 0.25) is 0 Å². The summed E-state index contributed by atoms with van der Waals surface area (Å²) >= 11 is 0. The van der Waals surface area contributed by atoms with E-state index < -0.39 is 0 Å². The molecule has 1 heterocycles. The molecule has 0 spiro atoms. The van der Waals surface area contributed by atoms with Gasteiger partial charge in [-0.15, -0.1) is 0 Å². The fourth-order valence-corrected chi connectivity index (χ4v) is 2.79. The Bertz CT molecular complexity index is 201. The highest BCUT2D eigenvalue weighted by molar-refractivity contribution is 4.88.